The number of unbranched alkanes of at least 4 members (excludes halogenated alkanes) is 1. The quantitative estimate of drug-likeness (QED) is 0.728. The van der Waals surface area contributed by atoms with Gasteiger partial charge < -0.3 is 15.1 Å². The van der Waals surface area contributed by atoms with E-state index in [-0.39, 0.29) is 12.1 Å². The fourth-order valence-electron chi connectivity index (χ4n) is 1.44. The summed E-state index contributed by atoms with van der Waals surface area (Å²) in [6.07, 6.45) is 4.46. The van der Waals surface area contributed by atoms with Gasteiger partial charge in [0.05, 0.1) is 6.26 Å². The third-order valence-electron chi connectivity index (χ3n) is 2.28. The molecule has 0 spiro atoms. The van der Waals surface area contributed by atoms with E-state index in [9.17, 15) is 4.79 Å². The van der Waals surface area contributed by atoms with E-state index in [4.69, 9.17) is 4.42 Å². The standard InChI is InChI=1S/C12H20N2O2/c1-3-4-7-13-12(15)14-10(2)9-11-6-5-8-16-11/h5-6,8,10H,3-4,7,9H2,1-2H3,(H2,13,14,15). The highest BCUT2D eigenvalue weighted by Gasteiger charge is 2.08. The molecule has 0 aliphatic heterocycles. The Hall–Kier alpha value is -1.45. The average Bonchev–Trinajstić information content (AvgIpc) is 2.70. The van der Waals surface area contributed by atoms with Crippen LogP contribution in [0.15, 0.2) is 22.8 Å². The molecule has 0 radical (unpaired) electrons. The molecule has 0 fully saturated rings. The van der Waals surface area contributed by atoms with Crippen molar-refractivity contribution in [3.05, 3.63) is 24.2 Å². The zero-order valence-corrected chi connectivity index (χ0v) is 9.95. The van der Waals surface area contributed by atoms with Crippen LogP contribution in [-0.2, 0) is 6.42 Å². The van der Waals surface area contributed by atoms with E-state index >= 15 is 0 Å². The van der Waals surface area contributed by atoms with Crippen LogP contribution >= 0.6 is 0 Å². The lowest BCUT2D eigenvalue weighted by atomic mass is 10.2. The minimum absolute atomic E-state index is 0.0766. The largest absolute Gasteiger partial charge is 0.469 e. The van der Waals surface area contributed by atoms with Gasteiger partial charge in [-0.3, -0.25) is 0 Å². The number of hydrogen-bond donors (Lipinski definition) is 2. The number of carbonyl (C=O) groups excluding carboxylic acids is 1. The van der Waals surface area contributed by atoms with Crippen molar-refractivity contribution in [1.82, 2.24) is 10.6 Å². The summed E-state index contributed by atoms with van der Waals surface area (Å²) >= 11 is 0. The Balaban J connectivity index is 2.18. The van der Waals surface area contributed by atoms with Crippen molar-refractivity contribution in [2.45, 2.75) is 39.2 Å². The minimum Gasteiger partial charge on any atom is -0.469 e. The molecule has 90 valence electrons. The van der Waals surface area contributed by atoms with Gasteiger partial charge >= 0.3 is 6.03 Å². The summed E-state index contributed by atoms with van der Waals surface area (Å²) in [5.41, 5.74) is 0. The zero-order chi connectivity index (χ0) is 11.8. The second-order valence-corrected chi connectivity index (χ2v) is 3.94. The smallest absolute Gasteiger partial charge is 0.315 e. The predicted octanol–water partition coefficient (Wildman–Crippen LogP) is 2.31. The number of nitrogens with one attached hydrogen (secondary N) is 2. The number of amides is 2. The van der Waals surface area contributed by atoms with Gasteiger partial charge in [0, 0.05) is 19.0 Å². The third kappa shape index (κ3) is 4.87. The van der Waals surface area contributed by atoms with E-state index in [0.29, 0.717) is 6.42 Å². The molecule has 4 heteroatoms. The first-order valence-corrected chi connectivity index (χ1v) is 5.79. The van der Waals surface area contributed by atoms with Gasteiger partial charge in [-0.05, 0) is 25.5 Å². The van der Waals surface area contributed by atoms with Gasteiger partial charge in [-0.2, -0.15) is 0 Å². The number of carbonyl (C=O) groups is 1. The van der Waals surface area contributed by atoms with Crippen LogP contribution in [0, 0.1) is 0 Å². The molecule has 16 heavy (non-hydrogen) atoms. The van der Waals surface area contributed by atoms with Gasteiger partial charge in [-0.1, -0.05) is 13.3 Å². The van der Waals surface area contributed by atoms with Crippen molar-refractivity contribution in [2.24, 2.45) is 0 Å². The number of hydrogen-bond acceptors (Lipinski definition) is 2. The molecule has 0 aromatic carbocycles. The monoisotopic (exact) mass is 224 g/mol. The van der Waals surface area contributed by atoms with Crippen LogP contribution in [0.3, 0.4) is 0 Å². The van der Waals surface area contributed by atoms with Crippen molar-refractivity contribution in [1.29, 1.82) is 0 Å². The molecule has 2 amide bonds. The van der Waals surface area contributed by atoms with E-state index in [1.807, 2.05) is 19.1 Å². The van der Waals surface area contributed by atoms with Gasteiger partial charge in [0.25, 0.3) is 0 Å². The Bertz CT molecular complexity index is 296. The van der Waals surface area contributed by atoms with Crippen molar-refractivity contribution in [3.63, 3.8) is 0 Å². The van der Waals surface area contributed by atoms with E-state index in [1.165, 1.54) is 0 Å². The maximum absolute atomic E-state index is 11.4. The molecule has 0 saturated heterocycles. The topological polar surface area (TPSA) is 54.3 Å². The molecule has 0 aliphatic carbocycles. The molecule has 1 heterocycles. The molecule has 0 aliphatic rings. The van der Waals surface area contributed by atoms with Crippen LogP contribution in [-0.4, -0.2) is 18.6 Å². The second-order valence-electron chi connectivity index (χ2n) is 3.94. The first-order chi connectivity index (χ1) is 7.72. The molecule has 0 bridgehead atoms. The maximum Gasteiger partial charge on any atom is 0.315 e. The first-order valence-electron chi connectivity index (χ1n) is 5.79. The lowest BCUT2D eigenvalue weighted by Crippen LogP contribution is -2.41. The van der Waals surface area contributed by atoms with Gasteiger partial charge in [0.2, 0.25) is 0 Å². The lowest BCUT2D eigenvalue weighted by Gasteiger charge is -2.13. The van der Waals surface area contributed by atoms with Crippen LogP contribution in [0.2, 0.25) is 0 Å². The molecular formula is C12H20N2O2. The van der Waals surface area contributed by atoms with Crippen molar-refractivity contribution >= 4 is 6.03 Å². The lowest BCUT2D eigenvalue weighted by molar-refractivity contribution is 0.237. The predicted molar refractivity (Wildman–Crippen MR) is 63.3 cm³/mol. The maximum atomic E-state index is 11.4. The summed E-state index contributed by atoms with van der Waals surface area (Å²) in [6.45, 7) is 4.79. The number of rotatable bonds is 6. The average molecular weight is 224 g/mol. The highest BCUT2D eigenvalue weighted by atomic mass is 16.3. The molecule has 1 aromatic heterocycles. The summed E-state index contributed by atoms with van der Waals surface area (Å²) in [6, 6.07) is 3.73. The summed E-state index contributed by atoms with van der Waals surface area (Å²) < 4.78 is 5.21. The molecule has 1 rings (SSSR count). The molecule has 2 N–H and O–H groups in total. The van der Waals surface area contributed by atoms with E-state index in [1.54, 1.807) is 6.26 Å². The normalized spacial score (nSPS) is 12.1. The third-order valence-corrected chi connectivity index (χ3v) is 2.28. The van der Waals surface area contributed by atoms with Crippen molar-refractivity contribution in [2.75, 3.05) is 6.54 Å². The van der Waals surface area contributed by atoms with Crippen LogP contribution in [0.4, 0.5) is 4.79 Å². The molecular weight excluding hydrogens is 204 g/mol. The molecule has 0 saturated carbocycles. The first kappa shape index (κ1) is 12.6. The molecule has 4 nitrogen and oxygen atoms in total. The van der Waals surface area contributed by atoms with Crippen LogP contribution in [0.25, 0.3) is 0 Å². The van der Waals surface area contributed by atoms with E-state index in [0.717, 1.165) is 25.1 Å². The highest BCUT2D eigenvalue weighted by molar-refractivity contribution is 5.74. The Morgan fingerprint density at radius 1 is 1.56 bits per heavy atom. The van der Waals surface area contributed by atoms with Crippen molar-refractivity contribution < 1.29 is 9.21 Å². The number of furan rings is 1. The van der Waals surface area contributed by atoms with Gasteiger partial charge in [0.15, 0.2) is 0 Å². The Kier molecular flexibility index (Phi) is 5.46. The molecule has 1 atom stereocenters. The van der Waals surface area contributed by atoms with Gasteiger partial charge in [-0.25, -0.2) is 4.79 Å². The molecule has 1 aromatic rings. The summed E-state index contributed by atoms with van der Waals surface area (Å²) in [5, 5.41) is 5.68. The van der Waals surface area contributed by atoms with E-state index < -0.39 is 0 Å². The zero-order valence-electron chi connectivity index (χ0n) is 9.95. The SMILES string of the molecule is CCCCNC(=O)NC(C)Cc1ccco1. The summed E-state index contributed by atoms with van der Waals surface area (Å²) in [7, 11) is 0. The van der Waals surface area contributed by atoms with Gasteiger partial charge in [-0.15, -0.1) is 0 Å². The van der Waals surface area contributed by atoms with Crippen LogP contribution in [0.1, 0.15) is 32.4 Å². The van der Waals surface area contributed by atoms with Gasteiger partial charge in [0.1, 0.15) is 5.76 Å². The fourth-order valence-corrected chi connectivity index (χ4v) is 1.44. The fraction of sp³-hybridized carbons (Fsp3) is 0.583. The highest BCUT2D eigenvalue weighted by Crippen LogP contribution is 2.03. The van der Waals surface area contributed by atoms with Crippen molar-refractivity contribution in [3.8, 4) is 0 Å². The molecule has 1 unspecified atom stereocenters. The minimum atomic E-state index is -0.104. The Morgan fingerprint density at radius 3 is 3.00 bits per heavy atom. The van der Waals surface area contributed by atoms with Crippen LogP contribution < -0.4 is 10.6 Å². The second kappa shape index (κ2) is 6.93. The van der Waals surface area contributed by atoms with E-state index in [2.05, 4.69) is 17.6 Å². The number of urea groups is 1. The summed E-state index contributed by atoms with van der Waals surface area (Å²) in [5.74, 6) is 0.890. The Labute approximate surface area is 96.4 Å². The Morgan fingerprint density at radius 2 is 2.38 bits per heavy atom. The summed E-state index contributed by atoms with van der Waals surface area (Å²) in [4.78, 5) is 11.4. The van der Waals surface area contributed by atoms with Crippen LogP contribution in [0.5, 0.6) is 0 Å².